The third-order valence-corrected chi connectivity index (χ3v) is 5.73. The highest BCUT2D eigenvalue weighted by Gasteiger charge is 2.64. The van der Waals surface area contributed by atoms with E-state index >= 15 is 0 Å². The Morgan fingerprint density at radius 1 is 1.14 bits per heavy atom. The molecule has 1 aromatic carbocycles. The van der Waals surface area contributed by atoms with Gasteiger partial charge in [-0.05, 0) is 37.6 Å². The lowest BCUT2D eigenvalue weighted by atomic mass is 9.49. The van der Waals surface area contributed by atoms with Crippen LogP contribution in [-0.4, -0.2) is 28.0 Å². The smallest absolute Gasteiger partial charge is 0.254 e. The van der Waals surface area contributed by atoms with E-state index in [2.05, 4.69) is 49.0 Å². The molecule has 1 saturated carbocycles. The molecule has 0 radical (unpaired) electrons. The van der Waals surface area contributed by atoms with Gasteiger partial charge in [0.1, 0.15) is 17.7 Å². The van der Waals surface area contributed by atoms with Crippen LogP contribution in [0.15, 0.2) is 30.6 Å². The first-order valence-electron chi connectivity index (χ1n) is 9.34. The number of hydrogen-bond donors (Lipinski definition) is 1. The van der Waals surface area contributed by atoms with Crippen molar-refractivity contribution in [2.75, 3.05) is 0 Å². The van der Waals surface area contributed by atoms with Crippen molar-refractivity contribution in [3.63, 3.8) is 0 Å². The maximum Gasteiger partial charge on any atom is 0.254 e. The molecule has 0 aliphatic heterocycles. The van der Waals surface area contributed by atoms with Gasteiger partial charge in [-0.3, -0.25) is 4.79 Å². The summed E-state index contributed by atoms with van der Waals surface area (Å²) in [5.74, 6) is 1.19. The molecular formula is C22H26N4O2. The topological polar surface area (TPSA) is 87.9 Å². The maximum absolute atomic E-state index is 12.7. The highest BCUT2D eigenvalue weighted by atomic mass is 16.5. The van der Waals surface area contributed by atoms with Crippen LogP contribution in [0.4, 0.5) is 0 Å². The molecule has 1 amide bonds. The van der Waals surface area contributed by atoms with E-state index in [1.54, 1.807) is 25.4 Å². The van der Waals surface area contributed by atoms with Gasteiger partial charge in [-0.2, -0.15) is 5.26 Å². The molecule has 1 N–H and O–H groups in total. The van der Waals surface area contributed by atoms with Gasteiger partial charge in [-0.15, -0.1) is 0 Å². The molecule has 1 aliphatic rings. The first-order chi connectivity index (χ1) is 13.1. The largest absolute Gasteiger partial charge is 0.489 e. The van der Waals surface area contributed by atoms with E-state index in [1.165, 1.54) is 0 Å². The third kappa shape index (κ3) is 3.33. The molecule has 1 aromatic heterocycles. The van der Waals surface area contributed by atoms with Gasteiger partial charge in [0.15, 0.2) is 0 Å². The van der Waals surface area contributed by atoms with Crippen LogP contribution in [0.1, 0.15) is 55.0 Å². The molecule has 0 saturated heterocycles. The van der Waals surface area contributed by atoms with Crippen LogP contribution < -0.4 is 10.1 Å². The first-order valence-corrected chi connectivity index (χ1v) is 9.34. The number of ether oxygens (including phenoxy) is 1. The van der Waals surface area contributed by atoms with Crippen molar-refractivity contribution in [2.45, 2.75) is 53.7 Å². The van der Waals surface area contributed by atoms with Gasteiger partial charge < -0.3 is 10.1 Å². The monoisotopic (exact) mass is 378 g/mol. The summed E-state index contributed by atoms with van der Waals surface area (Å²) in [7, 11) is 0. The average Bonchev–Trinajstić information content (AvgIpc) is 2.64. The number of aromatic nitrogens is 2. The zero-order valence-electron chi connectivity index (χ0n) is 17.2. The summed E-state index contributed by atoms with van der Waals surface area (Å²) in [5.41, 5.74) is 1.44. The molecule has 1 fully saturated rings. The lowest BCUT2D eigenvalue weighted by molar-refractivity contribution is -0.164. The first kappa shape index (κ1) is 19.8. The summed E-state index contributed by atoms with van der Waals surface area (Å²) in [6.07, 6.45) is 3.00. The van der Waals surface area contributed by atoms with Crippen LogP contribution in [0.3, 0.4) is 0 Å². The maximum atomic E-state index is 12.7. The Morgan fingerprint density at radius 3 is 2.29 bits per heavy atom. The average molecular weight is 378 g/mol. The van der Waals surface area contributed by atoms with Crippen molar-refractivity contribution in [3.8, 4) is 11.8 Å². The van der Waals surface area contributed by atoms with Gasteiger partial charge >= 0.3 is 0 Å². The molecule has 2 aromatic rings. The van der Waals surface area contributed by atoms with Gasteiger partial charge in [0.05, 0.1) is 17.2 Å². The lowest BCUT2D eigenvalue weighted by Gasteiger charge is -2.63. The molecule has 3 rings (SSSR count). The molecular weight excluding hydrogens is 352 g/mol. The number of carbonyl (C=O) groups excluding carboxylic acids is 1. The predicted octanol–water partition coefficient (Wildman–Crippen LogP) is 3.58. The van der Waals surface area contributed by atoms with Crippen molar-refractivity contribution < 1.29 is 9.53 Å². The fraction of sp³-hybridized carbons (Fsp3) is 0.455. The van der Waals surface area contributed by atoms with Crippen molar-refractivity contribution in [2.24, 2.45) is 10.8 Å². The lowest BCUT2D eigenvalue weighted by Crippen LogP contribution is -2.74. The fourth-order valence-electron chi connectivity index (χ4n) is 4.50. The minimum absolute atomic E-state index is 0.0710. The van der Waals surface area contributed by atoms with Crippen LogP contribution in [0.2, 0.25) is 0 Å². The van der Waals surface area contributed by atoms with Crippen molar-refractivity contribution in [3.05, 3.63) is 53.1 Å². The number of nitrogens with zero attached hydrogens (tertiary/aromatic N) is 3. The summed E-state index contributed by atoms with van der Waals surface area (Å²) < 4.78 is 6.31. The van der Waals surface area contributed by atoms with Gasteiger partial charge in [0, 0.05) is 29.3 Å². The second-order valence-electron chi connectivity index (χ2n) is 8.65. The van der Waals surface area contributed by atoms with E-state index in [0.717, 1.165) is 11.3 Å². The van der Waals surface area contributed by atoms with E-state index in [0.29, 0.717) is 17.0 Å². The molecule has 0 spiro atoms. The highest BCUT2D eigenvalue weighted by Crippen LogP contribution is 2.55. The number of benzene rings is 1. The summed E-state index contributed by atoms with van der Waals surface area (Å²) in [6, 6.07) is 7.59. The molecule has 1 aliphatic carbocycles. The van der Waals surface area contributed by atoms with Crippen molar-refractivity contribution in [1.82, 2.24) is 15.3 Å². The molecule has 0 bridgehead atoms. The van der Waals surface area contributed by atoms with E-state index in [1.807, 2.05) is 19.1 Å². The van der Waals surface area contributed by atoms with Crippen molar-refractivity contribution >= 4 is 5.91 Å². The Morgan fingerprint density at radius 2 is 1.75 bits per heavy atom. The Labute approximate surface area is 166 Å². The van der Waals surface area contributed by atoms with Crippen LogP contribution in [-0.2, 0) is 0 Å². The van der Waals surface area contributed by atoms with Crippen LogP contribution in [0.25, 0.3) is 0 Å². The Bertz CT molecular complexity index is 926. The standard InChI is InChI=1S/C22H26N4O2/c1-13-9-17(8-7-15(13)10-23)28-20-21(3,4)19(22(20,5)6)26-18(27)16-11-24-14(2)25-12-16/h7-9,11-12,19-20H,1-6H3,(H,26,27). The second kappa shape index (κ2) is 6.90. The zero-order valence-corrected chi connectivity index (χ0v) is 17.2. The molecule has 0 atom stereocenters. The number of aryl methyl sites for hydroxylation is 2. The Kier molecular flexibility index (Phi) is 4.88. The summed E-state index contributed by atoms with van der Waals surface area (Å²) in [4.78, 5) is 20.8. The summed E-state index contributed by atoms with van der Waals surface area (Å²) in [5, 5.41) is 12.2. The normalized spacial score (nSPS) is 21.9. The zero-order chi connectivity index (χ0) is 20.7. The number of nitriles is 1. The SMILES string of the molecule is Cc1ncc(C(=O)NC2C(C)(C)C(Oc3ccc(C#N)c(C)c3)C2(C)C)cn1. The minimum Gasteiger partial charge on any atom is -0.489 e. The van der Waals surface area contributed by atoms with Gasteiger partial charge in [0.2, 0.25) is 0 Å². The molecule has 0 unspecified atom stereocenters. The van der Waals surface area contributed by atoms with Crippen LogP contribution in [0.5, 0.6) is 5.75 Å². The number of hydrogen-bond acceptors (Lipinski definition) is 5. The predicted molar refractivity (Wildman–Crippen MR) is 106 cm³/mol. The Balaban J connectivity index is 1.76. The minimum atomic E-state index is -0.271. The highest BCUT2D eigenvalue weighted by molar-refractivity contribution is 5.94. The van der Waals surface area contributed by atoms with E-state index in [9.17, 15) is 4.79 Å². The van der Waals surface area contributed by atoms with E-state index in [4.69, 9.17) is 10.00 Å². The van der Waals surface area contributed by atoms with E-state index < -0.39 is 0 Å². The van der Waals surface area contributed by atoms with Gasteiger partial charge in [-0.25, -0.2) is 9.97 Å². The number of carbonyl (C=O) groups is 1. The van der Waals surface area contributed by atoms with Crippen LogP contribution in [0, 0.1) is 36.0 Å². The van der Waals surface area contributed by atoms with E-state index in [-0.39, 0.29) is 28.9 Å². The van der Waals surface area contributed by atoms with Gasteiger partial charge in [-0.1, -0.05) is 27.7 Å². The van der Waals surface area contributed by atoms with Crippen molar-refractivity contribution in [1.29, 1.82) is 5.26 Å². The molecule has 1 heterocycles. The summed E-state index contributed by atoms with van der Waals surface area (Å²) >= 11 is 0. The number of rotatable bonds is 4. The Hall–Kier alpha value is -2.94. The third-order valence-electron chi connectivity index (χ3n) is 5.73. The number of amides is 1. The fourth-order valence-corrected chi connectivity index (χ4v) is 4.50. The molecule has 28 heavy (non-hydrogen) atoms. The summed E-state index contributed by atoms with van der Waals surface area (Å²) in [6.45, 7) is 12.1. The second-order valence-corrected chi connectivity index (χ2v) is 8.65. The molecule has 6 heteroatoms. The quantitative estimate of drug-likeness (QED) is 0.878. The molecule has 146 valence electrons. The van der Waals surface area contributed by atoms with Gasteiger partial charge in [0.25, 0.3) is 5.91 Å². The number of nitrogens with one attached hydrogen (secondary N) is 1. The van der Waals surface area contributed by atoms with Crippen LogP contribution >= 0.6 is 0 Å². The molecule has 6 nitrogen and oxygen atoms in total.